The molecule has 4 nitrogen and oxygen atoms in total. The number of aliphatic hydroxyl groups is 1. The lowest BCUT2D eigenvalue weighted by Gasteiger charge is -2.07. The van der Waals surface area contributed by atoms with E-state index in [1.54, 1.807) is 6.20 Å². The average Bonchev–Trinajstić information content (AvgIpc) is 2.72. The molecule has 2 heterocycles. The quantitative estimate of drug-likeness (QED) is 0.897. The third kappa shape index (κ3) is 2.88. The molecule has 0 unspecified atom stereocenters. The Balaban J connectivity index is 2.34. The summed E-state index contributed by atoms with van der Waals surface area (Å²) in [6.45, 7) is 0.771. The van der Waals surface area contributed by atoms with Gasteiger partial charge in [-0.1, -0.05) is 6.07 Å². The van der Waals surface area contributed by atoms with Gasteiger partial charge in [0.25, 0.3) is 0 Å². The molecule has 0 saturated carbocycles. The van der Waals surface area contributed by atoms with Crippen molar-refractivity contribution in [2.75, 3.05) is 14.1 Å². The van der Waals surface area contributed by atoms with Crippen molar-refractivity contribution in [2.24, 2.45) is 0 Å². The third-order valence-electron chi connectivity index (χ3n) is 2.27. The van der Waals surface area contributed by atoms with Crippen LogP contribution in [-0.4, -0.2) is 34.1 Å². The fourth-order valence-electron chi connectivity index (χ4n) is 1.53. The summed E-state index contributed by atoms with van der Waals surface area (Å²) in [4.78, 5) is 11.8. The van der Waals surface area contributed by atoms with Crippen LogP contribution in [-0.2, 0) is 13.2 Å². The molecular weight excluding hydrogens is 234 g/mol. The molecule has 1 N–H and O–H groups in total. The molecule has 0 aromatic carbocycles. The van der Waals surface area contributed by atoms with Crippen LogP contribution in [0.1, 0.15) is 10.6 Å². The average molecular weight is 249 g/mol. The highest BCUT2D eigenvalue weighted by atomic mass is 32.1. The Kier molecular flexibility index (Phi) is 3.83. The van der Waals surface area contributed by atoms with E-state index in [0.29, 0.717) is 0 Å². The van der Waals surface area contributed by atoms with Crippen molar-refractivity contribution < 1.29 is 5.11 Å². The van der Waals surface area contributed by atoms with Gasteiger partial charge in [0.1, 0.15) is 5.01 Å². The van der Waals surface area contributed by atoms with Gasteiger partial charge in [-0.3, -0.25) is 4.98 Å². The van der Waals surface area contributed by atoms with Gasteiger partial charge >= 0.3 is 0 Å². The van der Waals surface area contributed by atoms with Gasteiger partial charge in [-0.15, -0.1) is 11.3 Å². The molecular formula is C12H15N3OS. The first-order valence-corrected chi connectivity index (χ1v) is 6.18. The largest absolute Gasteiger partial charge is 0.391 e. The predicted octanol–water partition coefficient (Wildman–Crippen LogP) is 1.76. The molecule has 5 heteroatoms. The summed E-state index contributed by atoms with van der Waals surface area (Å²) in [6, 6.07) is 5.75. The van der Waals surface area contributed by atoms with E-state index in [1.165, 1.54) is 11.3 Å². The number of nitrogens with zero attached hydrogens (tertiary/aromatic N) is 3. The van der Waals surface area contributed by atoms with Crippen molar-refractivity contribution in [3.05, 3.63) is 35.0 Å². The van der Waals surface area contributed by atoms with E-state index in [0.717, 1.165) is 27.8 Å². The Morgan fingerprint density at radius 1 is 1.35 bits per heavy atom. The van der Waals surface area contributed by atoms with Crippen LogP contribution in [0, 0.1) is 0 Å². The molecule has 17 heavy (non-hydrogen) atoms. The Labute approximate surface area is 105 Å². The molecule has 90 valence electrons. The highest BCUT2D eigenvalue weighted by molar-refractivity contribution is 7.15. The maximum atomic E-state index is 9.32. The normalized spacial score (nSPS) is 11.1. The van der Waals surface area contributed by atoms with E-state index in [4.69, 9.17) is 0 Å². The Hall–Kier alpha value is -1.30. The molecule has 0 fully saturated rings. The van der Waals surface area contributed by atoms with E-state index < -0.39 is 0 Å². The highest BCUT2D eigenvalue weighted by Crippen LogP contribution is 2.27. The molecule has 0 radical (unpaired) electrons. The van der Waals surface area contributed by atoms with Gasteiger partial charge in [0.15, 0.2) is 0 Å². The van der Waals surface area contributed by atoms with Crippen molar-refractivity contribution in [1.29, 1.82) is 0 Å². The lowest BCUT2D eigenvalue weighted by atomic mass is 10.3. The van der Waals surface area contributed by atoms with Crippen LogP contribution < -0.4 is 0 Å². The molecule has 0 aliphatic rings. The van der Waals surface area contributed by atoms with Crippen LogP contribution in [0.15, 0.2) is 24.4 Å². The zero-order valence-corrected chi connectivity index (χ0v) is 10.7. The molecule has 0 aliphatic heterocycles. The number of hydrogen-bond acceptors (Lipinski definition) is 5. The molecule has 2 aromatic heterocycles. The number of pyridine rings is 1. The first kappa shape index (κ1) is 12.2. The van der Waals surface area contributed by atoms with Crippen molar-refractivity contribution in [1.82, 2.24) is 14.9 Å². The van der Waals surface area contributed by atoms with Gasteiger partial charge < -0.3 is 10.0 Å². The molecule has 2 aromatic rings. The Morgan fingerprint density at radius 2 is 2.18 bits per heavy atom. The van der Waals surface area contributed by atoms with E-state index in [-0.39, 0.29) is 6.61 Å². The first-order valence-electron chi connectivity index (χ1n) is 5.36. The smallest absolute Gasteiger partial charge is 0.142 e. The number of rotatable bonds is 4. The number of aromatic nitrogens is 2. The summed E-state index contributed by atoms with van der Waals surface area (Å²) in [5.74, 6) is 0. The lowest BCUT2D eigenvalue weighted by Crippen LogP contribution is -2.12. The van der Waals surface area contributed by atoms with Gasteiger partial charge in [0.05, 0.1) is 22.9 Å². The van der Waals surface area contributed by atoms with E-state index >= 15 is 0 Å². The van der Waals surface area contributed by atoms with Gasteiger partial charge in [-0.25, -0.2) is 4.98 Å². The van der Waals surface area contributed by atoms with Gasteiger partial charge in [-0.05, 0) is 26.2 Å². The van der Waals surface area contributed by atoms with Crippen LogP contribution in [0.4, 0.5) is 0 Å². The van der Waals surface area contributed by atoms with Crippen LogP contribution >= 0.6 is 11.3 Å². The summed E-state index contributed by atoms with van der Waals surface area (Å²) < 4.78 is 0. The van der Waals surface area contributed by atoms with Gasteiger partial charge in [0.2, 0.25) is 0 Å². The Morgan fingerprint density at radius 3 is 2.76 bits per heavy atom. The summed E-state index contributed by atoms with van der Waals surface area (Å²) in [5.41, 5.74) is 1.79. The second kappa shape index (κ2) is 5.35. The fourth-order valence-corrected chi connectivity index (χ4v) is 2.44. The van der Waals surface area contributed by atoms with Crippen LogP contribution in [0.25, 0.3) is 10.7 Å². The minimum atomic E-state index is 0.0354. The van der Waals surface area contributed by atoms with Crippen molar-refractivity contribution in [3.63, 3.8) is 0 Å². The highest BCUT2D eigenvalue weighted by Gasteiger charge is 2.12. The van der Waals surface area contributed by atoms with Crippen LogP contribution in [0.2, 0.25) is 0 Å². The zero-order valence-electron chi connectivity index (χ0n) is 9.92. The topological polar surface area (TPSA) is 49.2 Å². The molecule has 0 saturated heterocycles. The molecule has 0 bridgehead atoms. The Bertz CT molecular complexity index is 482. The zero-order chi connectivity index (χ0) is 12.3. The monoisotopic (exact) mass is 249 g/mol. The van der Waals surface area contributed by atoms with E-state index in [1.807, 2.05) is 37.2 Å². The molecule has 0 aliphatic carbocycles. The molecule has 0 atom stereocenters. The molecule has 2 rings (SSSR count). The molecule has 0 amide bonds. The second-order valence-corrected chi connectivity index (χ2v) is 5.08. The van der Waals surface area contributed by atoms with Gasteiger partial charge in [-0.2, -0.15) is 0 Å². The van der Waals surface area contributed by atoms with Crippen molar-refractivity contribution in [3.8, 4) is 10.7 Å². The minimum Gasteiger partial charge on any atom is -0.391 e. The van der Waals surface area contributed by atoms with Crippen molar-refractivity contribution >= 4 is 11.3 Å². The number of aliphatic hydroxyl groups excluding tert-OH is 1. The summed E-state index contributed by atoms with van der Waals surface area (Å²) in [7, 11) is 3.97. The van der Waals surface area contributed by atoms with E-state index in [9.17, 15) is 5.11 Å². The second-order valence-electron chi connectivity index (χ2n) is 4.00. The van der Waals surface area contributed by atoms with Crippen LogP contribution in [0.5, 0.6) is 0 Å². The van der Waals surface area contributed by atoms with Crippen molar-refractivity contribution in [2.45, 2.75) is 13.2 Å². The van der Waals surface area contributed by atoms with Crippen LogP contribution in [0.3, 0.4) is 0 Å². The maximum Gasteiger partial charge on any atom is 0.142 e. The fraction of sp³-hybridized carbons (Fsp3) is 0.333. The summed E-state index contributed by atoms with van der Waals surface area (Å²) in [5, 5.41) is 10.2. The number of hydrogen-bond donors (Lipinski definition) is 1. The molecule has 0 spiro atoms. The standard InChI is InChI=1S/C12H15N3OS/c1-15(2)7-10-11(8-16)17-12(14-10)9-5-3-4-6-13-9/h3-6,16H,7-8H2,1-2H3. The predicted molar refractivity (Wildman–Crippen MR) is 68.7 cm³/mol. The number of thiazole rings is 1. The SMILES string of the molecule is CN(C)Cc1nc(-c2ccccn2)sc1CO. The summed E-state index contributed by atoms with van der Waals surface area (Å²) >= 11 is 1.50. The summed E-state index contributed by atoms with van der Waals surface area (Å²) in [6.07, 6.45) is 1.75. The maximum absolute atomic E-state index is 9.32. The first-order chi connectivity index (χ1) is 8.20. The van der Waals surface area contributed by atoms with Gasteiger partial charge in [0, 0.05) is 12.7 Å². The lowest BCUT2D eigenvalue weighted by molar-refractivity contribution is 0.281. The minimum absolute atomic E-state index is 0.0354. The van der Waals surface area contributed by atoms with E-state index in [2.05, 4.69) is 9.97 Å². The third-order valence-corrected chi connectivity index (χ3v) is 3.38.